The lowest BCUT2D eigenvalue weighted by Crippen LogP contribution is -2.33. The number of nitrogens with zero attached hydrogens (tertiary/aromatic N) is 3. The monoisotopic (exact) mass is 353 g/mol. The molecular weight excluding hydrogens is 326 g/mol. The molecule has 0 saturated carbocycles. The quantitative estimate of drug-likeness (QED) is 0.827. The van der Waals surface area contributed by atoms with Gasteiger partial charge in [-0.05, 0) is 56.7 Å². The molecule has 2 aromatic rings. The fourth-order valence-corrected chi connectivity index (χ4v) is 4.09. The number of carbonyl (C=O) groups excluding carboxylic acids is 1. The summed E-state index contributed by atoms with van der Waals surface area (Å²) in [6, 6.07) is 12.6. The van der Waals surface area contributed by atoms with Crippen LogP contribution in [0.5, 0.6) is 0 Å². The molecule has 0 aliphatic carbocycles. The van der Waals surface area contributed by atoms with Crippen LogP contribution in [-0.4, -0.2) is 47.0 Å². The van der Waals surface area contributed by atoms with Crippen LogP contribution in [0.25, 0.3) is 0 Å². The third-order valence-corrected chi connectivity index (χ3v) is 5.63. The molecule has 2 aliphatic rings. The first-order valence-electron chi connectivity index (χ1n) is 9.79. The van der Waals surface area contributed by atoms with Gasteiger partial charge in [0, 0.05) is 19.2 Å². The van der Waals surface area contributed by atoms with E-state index >= 15 is 0 Å². The predicted octanol–water partition coefficient (Wildman–Crippen LogP) is 3.37. The van der Waals surface area contributed by atoms with Crippen LogP contribution in [0.1, 0.15) is 47.5 Å². The summed E-state index contributed by atoms with van der Waals surface area (Å²) in [5, 5.41) is 4.00. The Morgan fingerprint density at radius 2 is 1.81 bits per heavy atom. The van der Waals surface area contributed by atoms with Crippen LogP contribution in [0.2, 0.25) is 0 Å². The van der Waals surface area contributed by atoms with Gasteiger partial charge in [-0.15, -0.1) is 0 Å². The zero-order chi connectivity index (χ0) is 17.8. The number of aromatic nitrogens is 1. The van der Waals surface area contributed by atoms with E-state index in [4.69, 9.17) is 4.52 Å². The smallest absolute Gasteiger partial charge is 0.276 e. The summed E-state index contributed by atoms with van der Waals surface area (Å²) in [6.45, 7) is 4.59. The number of benzene rings is 1. The molecular formula is C21H27N3O2. The molecule has 1 aromatic carbocycles. The van der Waals surface area contributed by atoms with Crippen molar-refractivity contribution in [2.45, 2.75) is 38.6 Å². The molecule has 1 amide bonds. The Labute approximate surface area is 155 Å². The molecule has 0 unspecified atom stereocenters. The zero-order valence-electron chi connectivity index (χ0n) is 15.3. The van der Waals surface area contributed by atoms with Crippen molar-refractivity contribution in [2.24, 2.45) is 5.92 Å². The van der Waals surface area contributed by atoms with Crippen LogP contribution in [0.15, 0.2) is 40.9 Å². The molecule has 4 rings (SSSR count). The summed E-state index contributed by atoms with van der Waals surface area (Å²) in [5.74, 6) is 1.57. The fraction of sp³-hybridized carbons (Fsp3) is 0.524. The van der Waals surface area contributed by atoms with E-state index in [0.717, 1.165) is 57.2 Å². The maximum atomic E-state index is 12.4. The maximum Gasteiger partial charge on any atom is 0.276 e. The van der Waals surface area contributed by atoms with Gasteiger partial charge < -0.3 is 9.42 Å². The van der Waals surface area contributed by atoms with Crippen molar-refractivity contribution in [1.29, 1.82) is 0 Å². The van der Waals surface area contributed by atoms with Gasteiger partial charge >= 0.3 is 0 Å². The first kappa shape index (κ1) is 17.3. The fourth-order valence-electron chi connectivity index (χ4n) is 4.09. The van der Waals surface area contributed by atoms with Gasteiger partial charge in [-0.1, -0.05) is 35.5 Å². The molecule has 5 nitrogen and oxygen atoms in total. The standard InChI is InChI=1S/C21H27N3O2/c25-21(24-10-4-5-11-24)20-15-19(26-22-20)16-23-12-8-18(9-13-23)14-17-6-2-1-3-7-17/h1-3,6-7,15,18H,4-5,8-14,16H2. The summed E-state index contributed by atoms with van der Waals surface area (Å²) in [6.07, 6.45) is 5.78. The Balaban J connectivity index is 1.26. The van der Waals surface area contributed by atoms with Crippen LogP contribution < -0.4 is 0 Å². The number of hydrogen-bond donors (Lipinski definition) is 0. The lowest BCUT2D eigenvalue weighted by molar-refractivity contribution is 0.0782. The Morgan fingerprint density at radius 3 is 2.54 bits per heavy atom. The third kappa shape index (κ3) is 4.15. The maximum absolute atomic E-state index is 12.4. The number of likely N-dealkylation sites (tertiary alicyclic amines) is 2. The number of rotatable bonds is 5. The Hall–Kier alpha value is -2.14. The lowest BCUT2D eigenvalue weighted by Gasteiger charge is -2.31. The number of carbonyl (C=O) groups is 1. The third-order valence-electron chi connectivity index (χ3n) is 5.63. The van der Waals surface area contributed by atoms with E-state index in [1.807, 2.05) is 11.0 Å². The average molecular weight is 353 g/mol. The molecule has 2 aliphatic heterocycles. The highest BCUT2D eigenvalue weighted by Crippen LogP contribution is 2.23. The van der Waals surface area contributed by atoms with Gasteiger partial charge in [-0.25, -0.2) is 0 Å². The molecule has 5 heteroatoms. The van der Waals surface area contributed by atoms with Crippen molar-refractivity contribution in [3.05, 3.63) is 53.4 Å². The van der Waals surface area contributed by atoms with Crippen molar-refractivity contribution in [1.82, 2.24) is 15.0 Å². The topological polar surface area (TPSA) is 49.6 Å². The van der Waals surface area contributed by atoms with Crippen molar-refractivity contribution < 1.29 is 9.32 Å². The van der Waals surface area contributed by atoms with Crippen molar-refractivity contribution in [3.8, 4) is 0 Å². The number of amides is 1. The summed E-state index contributed by atoms with van der Waals surface area (Å²) in [4.78, 5) is 16.6. The largest absolute Gasteiger partial charge is 0.359 e. The predicted molar refractivity (Wildman–Crippen MR) is 99.8 cm³/mol. The Kier molecular flexibility index (Phi) is 5.34. The van der Waals surface area contributed by atoms with Crippen LogP contribution in [0.4, 0.5) is 0 Å². The highest BCUT2D eigenvalue weighted by molar-refractivity contribution is 5.92. The van der Waals surface area contributed by atoms with E-state index in [0.29, 0.717) is 5.69 Å². The molecule has 2 saturated heterocycles. The molecule has 0 atom stereocenters. The minimum atomic E-state index is 0.0130. The molecule has 0 spiro atoms. The highest BCUT2D eigenvalue weighted by atomic mass is 16.5. The molecule has 26 heavy (non-hydrogen) atoms. The van der Waals surface area contributed by atoms with E-state index in [-0.39, 0.29) is 5.91 Å². The van der Waals surface area contributed by atoms with Gasteiger partial charge in [-0.3, -0.25) is 9.69 Å². The van der Waals surface area contributed by atoms with Gasteiger partial charge in [0.25, 0.3) is 5.91 Å². The highest BCUT2D eigenvalue weighted by Gasteiger charge is 2.24. The van der Waals surface area contributed by atoms with Crippen molar-refractivity contribution >= 4 is 5.91 Å². The van der Waals surface area contributed by atoms with Crippen LogP contribution in [0, 0.1) is 5.92 Å². The molecule has 3 heterocycles. The van der Waals surface area contributed by atoms with Gasteiger partial charge in [0.15, 0.2) is 11.5 Å². The normalized spacial score (nSPS) is 19.2. The average Bonchev–Trinajstić information content (AvgIpc) is 3.36. The molecule has 0 bridgehead atoms. The first-order valence-corrected chi connectivity index (χ1v) is 9.79. The van der Waals surface area contributed by atoms with Crippen molar-refractivity contribution in [2.75, 3.05) is 26.2 Å². The first-order chi connectivity index (χ1) is 12.8. The van der Waals surface area contributed by atoms with Gasteiger partial charge in [0.2, 0.25) is 0 Å². The minimum absolute atomic E-state index is 0.0130. The van der Waals surface area contributed by atoms with E-state index < -0.39 is 0 Å². The van der Waals surface area contributed by atoms with E-state index in [1.165, 1.54) is 24.8 Å². The zero-order valence-corrected chi connectivity index (χ0v) is 15.3. The molecule has 2 fully saturated rings. The SMILES string of the molecule is O=C(c1cc(CN2CCC(Cc3ccccc3)CC2)on1)N1CCCC1. The van der Waals surface area contributed by atoms with Crippen LogP contribution in [0.3, 0.4) is 0 Å². The van der Waals surface area contributed by atoms with Crippen molar-refractivity contribution in [3.63, 3.8) is 0 Å². The van der Waals surface area contributed by atoms with Gasteiger partial charge in [0.05, 0.1) is 6.54 Å². The van der Waals surface area contributed by atoms with E-state index in [2.05, 4.69) is 40.4 Å². The van der Waals surface area contributed by atoms with E-state index in [9.17, 15) is 4.79 Å². The second-order valence-electron chi connectivity index (χ2n) is 7.59. The second-order valence-corrected chi connectivity index (χ2v) is 7.59. The number of piperidine rings is 1. The second kappa shape index (κ2) is 8.04. The summed E-state index contributed by atoms with van der Waals surface area (Å²) in [7, 11) is 0. The minimum Gasteiger partial charge on any atom is -0.359 e. The summed E-state index contributed by atoms with van der Waals surface area (Å²) in [5.41, 5.74) is 1.90. The Morgan fingerprint density at radius 1 is 1.08 bits per heavy atom. The van der Waals surface area contributed by atoms with Crippen LogP contribution in [-0.2, 0) is 13.0 Å². The Bertz CT molecular complexity index is 714. The van der Waals surface area contributed by atoms with Gasteiger partial charge in [-0.2, -0.15) is 0 Å². The number of hydrogen-bond acceptors (Lipinski definition) is 4. The van der Waals surface area contributed by atoms with Gasteiger partial charge in [0.1, 0.15) is 0 Å². The summed E-state index contributed by atoms with van der Waals surface area (Å²) < 4.78 is 5.43. The summed E-state index contributed by atoms with van der Waals surface area (Å²) >= 11 is 0. The van der Waals surface area contributed by atoms with Crippen LogP contribution >= 0.6 is 0 Å². The molecule has 0 N–H and O–H groups in total. The van der Waals surface area contributed by atoms with E-state index in [1.54, 1.807) is 0 Å². The molecule has 0 radical (unpaired) electrons. The lowest BCUT2D eigenvalue weighted by atomic mass is 9.90. The molecule has 138 valence electrons. The molecule has 1 aromatic heterocycles.